The molecule has 5 heteroatoms. The van der Waals surface area contributed by atoms with Crippen molar-refractivity contribution in [3.8, 4) is 0 Å². The molecule has 1 N–H and O–H groups in total. The molecule has 2 aliphatic rings. The van der Waals surface area contributed by atoms with Crippen LogP contribution in [-0.2, 0) is 16.4 Å². The quantitative estimate of drug-likeness (QED) is 0.932. The molecule has 4 nitrogen and oxygen atoms in total. The fourth-order valence-corrected chi connectivity index (χ4v) is 4.68. The first-order valence-electron chi connectivity index (χ1n) is 7.44. The molecule has 0 spiro atoms. The van der Waals surface area contributed by atoms with Crippen LogP contribution in [0.5, 0.6) is 0 Å². The SMILES string of the molecule is CN(C1CCCCC1)S(=O)(=O)c1ccc2c(c1)NCC2. The van der Waals surface area contributed by atoms with E-state index in [2.05, 4.69) is 5.32 Å². The Morgan fingerprint density at radius 3 is 2.70 bits per heavy atom. The zero-order valence-corrected chi connectivity index (χ0v) is 12.7. The first kappa shape index (κ1) is 13.9. The summed E-state index contributed by atoms with van der Waals surface area (Å²) < 4.78 is 27.0. The lowest BCUT2D eigenvalue weighted by atomic mass is 9.96. The average molecular weight is 294 g/mol. The Hall–Kier alpha value is -1.07. The lowest BCUT2D eigenvalue weighted by Gasteiger charge is -2.30. The second-order valence-electron chi connectivity index (χ2n) is 5.81. The van der Waals surface area contributed by atoms with Gasteiger partial charge in [0.15, 0.2) is 0 Å². The number of fused-ring (bicyclic) bond motifs is 1. The normalized spacial score (nSPS) is 19.9. The van der Waals surface area contributed by atoms with Gasteiger partial charge in [-0.3, -0.25) is 0 Å². The Morgan fingerprint density at radius 1 is 1.20 bits per heavy atom. The van der Waals surface area contributed by atoms with Gasteiger partial charge in [-0.25, -0.2) is 8.42 Å². The molecule has 3 rings (SSSR count). The van der Waals surface area contributed by atoms with Crippen molar-refractivity contribution in [1.82, 2.24) is 4.31 Å². The highest BCUT2D eigenvalue weighted by Gasteiger charge is 2.29. The molecule has 1 aliphatic carbocycles. The summed E-state index contributed by atoms with van der Waals surface area (Å²) in [5.74, 6) is 0. The van der Waals surface area contributed by atoms with Crippen molar-refractivity contribution in [2.24, 2.45) is 0 Å². The number of benzene rings is 1. The molecule has 110 valence electrons. The van der Waals surface area contributed by atoms with E-state index in [0.717, 1.165) is 44.3 Å². The standard InChI is InChI=1S/C15H22N2O2S/c1-17(13-5-3-2-4-6-13)20(18,19)14-8-7-12-9-10-16-15(12)11-14/h7-8,11,13,16H,2-6,9-10H2,1H3. The average Bonchev–Trinajstić information content (AvgIpc) is 2.94. The maximum Gasteiger partial charge on any atom is 0.243 e. The number of nitrogens with zero attached hydrogens (tertiary/aromatic N) is 1. The minimum Gasteiger partial charge on any atom is -0.384 e. The largest absolute Gasteiger partial charge is 0.384 e. The van der Waals surface area contributed by atoms with E-state index in [9.17, 15) is 8.42 Å². The van der Waals surface area contributed by atoms with E-state index in [-0.39, 0.29) is 6.04 Å². The first-order valence-corrected chi connectivity index (χ1v) is 8.88. The summed E-state index contributed by atoms with van der Waals surface area (Å²) in [6.07, 6.45) is 6.45. The molecule has 1 aromatic carbocycles. The molecule has 0 atom stereocenters. The van der Waals surface area contributed by atoms with Crippen LogP contribution in [-0.4, -0.2) is 32.4 Å². The summed E-state index contributed by atoms with van der Waals surface area (Å²) in [6, 6.07) is 5.64. The Bertz CT molecular complexity index is 592. The molecular formula is C15H22N2O2S. The third-order valence-electron chi connectivity index (χ3n) is 4.56. The zero-order chi connectivity index (χ0) is 14.2. The van der Waals surface area contributed by atoms with Gasteiger partial charge in [0.1, 0.15) is 0 Å². The number of sulfonamides is 1. The molecule has 0 radical (unpaired) electrons. The smallest absolute Gasteiger partial charge is 0.243 e. The van der Waals surface area contributed by atoms with Gasteiger partial charge in [-0.1, -0.05) is 25.3 Å². The Kier molecular flexibility index (Phi) is 3.73. The van der Waals surface area contributed by atoms with Crippen LogP contribution in [0.25, 0.3) is 0 Å². The van der Waals surface area contributed by atoms with Gasteiger partial charge in [-0.15, -0.1) is 0 Å². The second-order valence-corrected chi connectivity index (χ2v) is 7.81. The van der Waals surface area contributed by atoms with Gasteiger partial charge >= 0.3 is 0 Å². The molecule has 0 unspecified atom stereocenters. The highest BCUT2D eigenvalue weighted by atomic mass is 32.2. The lowest BCUT2D eigenvalue weighted by molar-refractivity contribution is 0.286. The van der Waals surface area contributed by atoms with Gasteiger partial charge in [-0.2, -0.15) is 4.31 Å². The fourth-order valence-electron chi connectivity index (χ4n) is 3.24. The maximum absolute atomic E-state index is 12.7. The predicted molar refractivity (Wildman–Crippen MR) is 80.5 cm³/mol. The van der Waals surface area contributed by atoms with E-state index >= 15 is 0 Å². The topological polar surface area (TPSA) is 49.4 Å². The minimum absolute atomic E-state index is 0.162. The third-order valence-corrected chi connectivity index (χ3v) is 6.46. The first-order chi connectivity index (χ1) is 9.59. The van der Waals surface area contributed by atoms with Gasteiger partial charge in [0, 0.05) is 25.3 Å². The van der Waals surface area contributed by atoms with Crippen molar-refractivity contribution < 1.29 is 8.42 Å². The number of rotatable bonds is 3. The summed E-state index contributed by atoms with van der Waals surface area (Å²) >= 11 is 0. The van der Waals surface area contributed by atoms with Crippen molar-refractivity contribution in [2.45, 2.75) is 49.5 Å². The van der Waals surface area contributed by atoms with E-state index in [4.69, 9.17) is 0 Å². The molecule has 1 saturated carbocycles. The fraction of sp³-hybridized carbons (Fsp3) is 0.600. The van der Waals surface area contributed by atoms with Crippen molar-refractivity contribution >= 4 is 15.7 Å². The van der Waals surface area contributed by atoms with Crippen molar-refractivity contribution in [1.29, 1.82) is 0 Å². The van der Waals surface area contributed by atoms with Crippen molar-refractivity contribution in [3.05, 3.63) is 23.8 Å². The van der Waals surface area contributed by atoms with E-state index in [1.54, 1.807) is 23.5 Å². The van der Waals surface area contributed by atoms with E-state index in [1.165, 1.54) is 12.0 Å². The van der Waals surface area contributed by atoms with Gasteiger partial charge < -0.3 is 5.32 Å². The highest BCUT2D eigenvalue weighted by Crippen LogP contribution is 2.30. The van der Waals surface area contributed by atoms with Crippen LogP contribution < -0.4 is 5.32 Å². The number of anilines is 1. The third kappa shape index (κ3) is 2.44. The van der Waals surface area contributed by atoms with Gasteiger partial charge in [0.2, 0.25) is 10.0 Å². The number of hydrogen-bond acceptors (Lipinski definition) is 3. The summed E-state index contributed by atoms with van der Waals surface area (Å²) in [7, 11) is -1.64. The Balaban J connectivity index is 1.87. The van der Waals surface area contributed by atoms with Crippen LogP contribution >= 0.6 is 0 Å². The maximum atomic E-state index is 12.7. The number of nitrogens with one attached hydrogen (secondary N) is 1. The predicted octanol–water partition coefficient (Wildman–Crippen LogP) is 2.61. The molecule has 0 bridgehead atoms. The van der Waals surface area contributed by atoms with Crippen molar-refractivity contribution in [2.75, 3.05) is 18.9 Å². The minimum atomic E-state index is -3.37. The summed E-state index contributed by atoms with van der Waals surface area (Å²) in [5, 5.41) is 3.25. The van der Waals surface area contributed by atoms with Crippen molar-refractivity contribution in [3.63, 3.8) is 0 Å². The highest BCUT2D eigenvalue weighted by molar-refractivity contribution is 7.89. The van der Waals surface area contributed by atoms with Crippen LogP contribution in [0.1, 0.15) is 37.7 Å². The molecule has 0 saturated heterocycles. The van der Waals surface area contributed by atoms with Gasteiger partial charge in [0.05, 0.1) is 4.90 Å². The molecule has 1 heterocycles. The van der Waals surface area contributed by atoms with Crippen LogP contribution in [0.15, 0.2) is 23.1 Å². The Labute approximate surface area is 121 Å². The molecule has 0 amide bonds. The van der Waals surface area contributed by atoms with Crippen LogP contribution in [0, 0.1) is 0 Å². The van der Waals surface area contributed by atoms with E-state index < -0.39 is 10.0 Å². The molecule has 0 aromatic heterocycles. The number of hydrogen-bond donors (Lipinski definition) is 1. The van der Waals surface area contributed by atoms with Crippen LogP contribution in [0.3, 0.4) is 0 Å². The second kappa shape index (κ2) is 5.37. The summed E-state index contributed by atoms with van der Waals surface area (Å²) in [6.45, 7) is 0.900. The molecular weight excluding hydrogens is 272 g/mol. The zero-order valence-electron chi connectivity index (χ0n) is 11.9. The molecule has 1 fully saturated rings. The molecule has 20 heavy (non-hydrogen) atoms. The monoisotopic (exact) mass is 294 g/mol. The van der Waals surface area contributed by atoms with E-state index in [1.807, 2.05) is 6.07 Å². The Morgan fingerprint density at radius 2 is 1.95 bits per heavy atom. The van der Waals surface area contributed by atoms with Gasteiger partial charge in [0.25, 0.3) is 0 Å². The van der Waals surface area contributed by atoms with E-state index in [0.29, 0.717) is 4.90 Å². The van der Waals surface area contributed by atoms with Crippen LogP contribution in [0.4, 0.5) is 5.69 Å². The lowest BCUT2D eigenvalue weighted by Crippen LogP contribution is -2.38. The van der Waals surface area contributed by atoms with Gasteiger partial charge in [-0.05, 0) is 37.0 Å². The molecule has 1 aromatic rings. The van der Waals surface area contributed by atoms with Crippen LogP contribution in [0.2, 0.25) is 0 Å². The summed E-state index contributed by atoms with van der Waals surface area (Å²) in [4.78, 5) is 0.415. The molecule has 1 aliphatic heterocycles. The summed E-state index contributed by atoms with van der Waals surface area (Å²) in [5.41, 5.74) is 2.19.